The monoisotopic (exact) mass is 372 g/mol. The Morgan fingerprint density at radius 2 is 1.46 bits per heavy atom. The smallest absolute Gasteiger partial charge is 0.127 e. The molecule has 0 atom stereocenters. The number of halogens is 1. The molecule has 4 rings (SSSR count). The molecule has 0 aliphatic heterocycles. The van der Waals surface area contributed by atoms with Crippen molar-refractivity contribution in [1.82, 2.24) is 9.55 Å². The van der Waals surface area contributed by atoms with Crippen LogP contribution < -0.4 is 5.19 Å². The van der Waals surface area contributed by atoms with E-state index in [1.54, 1.807) is 0 Å². The Bertz CT molecular complexity index is 930. The van der Waals surface area contributed by atoms with Crippen molar-refractivity contribution in [1.29, 1.82) is 0 Å². The normalized spacial score (nSPS) is 11.4. The van der Waals surface area contributed by atoms with Crippen LogP contribution >= 0.6 is 11.6 Å². The van der Waals surface area contributed by atoms with Gasteiger partial charge in [0.25, 0.3) is 0 Å². The largest absolute Gasteiger partial charge is 0.326 e. The minimum atomic E-state index is -0.371. The van der Waals surface area contributed by atoms with Crippen LogP contribution in [-0.4, -0.2) is 19.1 Å². The van der Waals surface area contributed by atoms with Gasteiger partial charge >= 0.3 is 0 Å². The number of aromatic nitrogens is 2. The van der Waals surface area contributed by atoms with Crippen molar-refractivity contribution in [2.24, 2.45) is 0 Å². The third-order valence-electron chi connectivity index (χ3n) is 4.42. The van der Waals surface area contributed by atoms with E-state index in [1.807, 2.05) is 30.9 Å². The van der Waals surface area contributed by atoms with Crippen LogP contribution in [0.3, 0.4) is 0 Å². The maximum Gasteiger partial charge on any atom is 0.127 e. The summed E-state index contributed by atoms with van der Waals surface area (Å²) in [7, 11) is 0.450. The fraction of sp³-hybridized carbons (Fsp3) is 0.0455. The van der Waals surface area contributed by atoms with Crippen LogP contribution in [0.4, 0.5) is 0 Å². The highest BCUT2D eigenvalue weighted by atomic mass is 35.5. The van der Waals surface area contributed by atoms with Gasteiger partial charge in [0, 0.05) is 17.4 Å². The fourth-order valence-corrected chi connectivity index (χ4v) is 5.26. The lowest BCUT2D eigenvalue weighted by atomic mass is 9.97. The minimum absolute atomic E-state index is 0.371. The van der Waals surface area contributed by atoms with Crippen molar-refractivity contribution in [3.63, 3.8) is 0 Å². The summed E-state index contributed by atoms with van der Waals surface area (Å²) in [6, 6.07) is 29.3. The van der Waals surface area contributed by atoms with Gasteiger partial charge in [-0.15, -0.1) is 0 Å². The van der Waals surface area contributed by atoms with Crippen molar-refractivity contribution in [2.75, 3.05) is 0 Å². The zero-order valence-electron chi connectivity index (χ0n) is 14.1. The molecule has 26 heavy (non-hydrogen) atoms. The van der Waals surface area contributed by atoms with E-state index in [2.05, 4.69) is 82.3 Å². The molecule has 0 saturated carbocycles. The molecule has 0 aliphatic rings. The quantitative estimate of drug-likeness (QED) is 0.477. The van der Waals surface area contributed by atoms with E-state index in [1.165, 1.54) is 16.3 Å². The molecule has 1 heterocycles. The lowest BCUT2D eigenvalue weighted by molar-refractivity contribution is 0.596. The number of nitrogens with zero attached hydrogens (tertiary/aromatic N) is 2. The molecule has 0 amide bonds. The molecule has 0 saturated heterocycles. The number of benzene rings is 3. The van der Waals surface area contributed by atoms with Gasteiger partial charge in [0.1, 0.15) is 9.52 Å². The van der Waals surface area contributed by atoms with Crippen LogP contribution in [0.25, 0.3) is 0 Å². The predicted octanol–water partition coefficient (Wildman–Crippen LogP) is 4.32. The first kappa shape index (κ1) is 16.8. The molecule has 4 aromatic rings. The van der Waals surface area contributed by atoms with E-state index in [0.717, 1.165) is 5.02 Å². The lowest BCUT2D eigenvalue weighted by Gasteiger charge is -2.36. The molecular formula is C22H17ClN2Si. The SMILES string of the molecule is Clc1cccc([Si]C(c2ccccc2)(c2ccccc2)n2ccnc2)c1. The van der Waals surface area contributed by atoms with E-state index in [4.69, 9.17) is 11.6 Å². The number of imidazole rings is 1. The Balaban J connectivity index is 1.98. The summed E-state index contributed by atoms with van der Waals surface area (Å²) in [5, 5.41) is 1.60. The fourth-order valence-electron chi connectivity index (χ4n) is 3.27. The Hall–Kier alpha value is -2.62. The van der Waals surface area contributed by atoms with E-state index in [-0.39, 0.29) is 5.16 Å². The Labute approximate surface area is 160 Å². The summed E-state index contributed by atoms with van der Waals surface area (Å²) in [4.78, 5) is 4.34. The summed E-state index contributed by atoms with van der Waals surface area (Å²) in [6.45, 7) is 0. The lowest BCUT2D eigenvalue weighted by Crippen LogP contribution is -2.46. The molecule has 126 valence electrons. The average molecular weight is 373 g/mol. The van der Waals surface area contributed by atoms with Gasteiger partial charge in [-0.3, -0.25) is 0 Å². The van der Waals surface area contributed by atoms with Gasteiger partial charge < -0.3 is 4.57 Å². The van der Waals surface area contributed by atoms with Gasteiger partial charge in [0.2, 0.25) is 0 Å². The third-order valence-corrected chi connectivity index (χ3v) is 6.46. The highest BCUT2D eigenvalue weighted by Crippen LogP contribution is 2.33. The summed E-state index contributed by atoms with van der Waals surface area (Å²) in [5.41, 5.74) is 2.45. The molecular weight excluding hydrogens is 356 g/mol. The zero-order valence-corrected chi connectivity index (χ0v) is 15.8. The molecule has 4 heteroatoms. The van der Waals surface area contributed by atoms with E-state index < -0.39 is 0 Å². The van der Waals surface area contributed by atoms with Gasteiger partial charge in [-0.1, -0.05) is 89.6 Å². The van der Waals surface area contributed by atoms with Crippen molar-refractivity contribution >= 4 is 26.3 Å². The first-order chi connectivity index (χ1) is 12.8. The second-order valence-electron chi connectivity index (χ2n) is 6.05. The summed E-state index contributed by atoms with van der Waals surface area (Å²) < 4.78 is 2.21. The minimum Gasteiger partial charge on any atom is -0.326 e. The molecule has 3 aromatic carbocycles. The molecule has 0 N–H and O–H groups in total. The summed E-state index contributed by atoms with van der Waals surface area (Å²) in [5.74, 6) is 0. The van der Waals surface area contributed by atoms with Gasteiger partial charge in [0.15, 0.2) is 0 Å². The first-order valence-electron chi connectivity index (χ1n) is 8.42. The molecule has 0 spiro atoms. The number of hydrogen-bond acceptors (Lipinski definition) is 1. The molecule has 1 aromatic heterocycles. The van der Waals surface area contributed by atoms with Gasteiger partial charge in [-0.25, -0.2) is 4.98 Å². The van der Waals surface area contributed by atoms with Gasteiger partial charge in [-0.2, -0.15) is 0 Å². The molecule has 2 nitrogen and oxygen atoms in total. The Morgan fingerprint density at radius 3 is 2.00 bits per heavy atom. The van der Waals surface area contributed by atoms with Crippen molar-refractivity contribution in [3.05, 3.63) is 120 Å². The molecule has 2 radical (unpaired) electrons. The second kappa shape index (κ2) is 7.32. The van der Waals surface area contributed by atoms with Crippen LogP contribution in [0.2, 0.25) is 5.02 Å². The molecule has 0 bridgehead atoms. The van der Waals surface area contributed by atoms with E-state index >= 15 is 0 Å². The van der Waals surface area contributed by atoms with Crippen molar-refractivity contribution in [3.8, 4) is 0 Å². The average Bonchev–Trinajstić information content (AvgIpc) is 3.23. The standard InChI is InChI=1S/C22H17ClN2Si/c23-20-12-7-13-21(16-20)26-22(25-15-14-24-17-25,18-8-3-1-4-9-18)19-10-5-2-6-11-19/h1-17H. The van der Waals surface area contributed by atoms with Crippen LogP contribution in [0, 0.1) is 0 Å². The maximum atomic E-state index is 6.28. The highest BCUT2D eigenvalue weighted by Gasteiger charge is 2.37. The highest BCUT2D eigenvalue weighted by molar-refractivity contribution is 6.58. The van der Waals surface area contributed by atoms with Crippen LogP contribution in [0.5, 0.6) is 0 Å². The maximum absolute atomic E-state index is 6.28. The first-order valence-corrected chi connectivity index (χ1v) is 9.80. The van der Waals surface area contributed by atoms with E-state index in [0.29, 0.717) is 9.52 Å². The molecule has 0 fully saturated rings. The topological polar surface area (TPSA) is 17.8 Å². The van der Waals surface area contributed by atoms with Gasteiger partial charge in [-0.05, 0) is 23.3 Å². The van der Waals surface area contributed by atoms with Gasteiger partial charge in [0.05, 0.1) is 11.5 Å². The second-order valence-corrected chi connectivity index (χ2v) is 8.04. The van der Waals surface area contributed by atoms with Crippen LogP contribution in [0.15, 0.2) is 104 Å². The molecule has 0 unspecified atom stereocenters. The molecule has 0 aliphatic carbocycles. The van der Waals surface area contributed by atoms with Crippen LogP contribution in [-0.2, 0) is 5.16 Å². The Morgan fingerprint density at radius 1 is 0.808 bits per heavy atom. The Kier molecular flexibility index (Phi) is 4.74. The number of hydrogen-bond donors (Lipinski definition) is 0. The van der Waals surface area contributed by atoms with Crippen molar-refractivity contribution in [2.45, 2.75) is 5.16 Å². The third kappa shape index (κ3) is 3.12. The zero-order chi connectivity index (χ0) is 17.8. The summed E-state index contributed by atoms with van der Waals surface area (Å²) >= 11 is 6.28. The van der Waals surface area contributed by atoms with Crippen molar-refractivity contribution < 1.29 is 0 Å². The van der Waals surface area contributed by atoms with Crippen LogP contribution in [0.1, 0.15) is 11.1 Å². The predicted molar refractivity (Wildman–Crippen MR) is 108 cm³/mol. The van der Waals surface area contributed by atoms with E-state index in [9.17, 15) is 0 Å². The number of rotatable bonds is 5. The summed E-state index contributed by atoms with van der Waals surface area (Å²) in [6.07, 6.45) is 5.78.